The summed E-state index contributed by atoms with van der Waals surface area (Å²) in [6.07, 6.45) is 0. The van der Waals surface area contributed by atoms with Crippen LogP contribution in [0.15, 0.2) is 24.3 Å². The second-order valence-electron chi connectivity index (χ2n) is 3.73. The van der Waals surface area contributed by atoms with Crippen LogP contribution in [0.4, 0.5) is 5.69 Å². The summed E-state index contributed by atoms with van der Waals surface area (Å²) < 4.78 is 0. The summed E-state index contributed by atoms with van der Waals surface area (Å²) in [5, 5.41) is 21.2. The molecule has 0 spiro atoms. The maximum absolute atomic E-state index is 8.98. The van der Waals surface area contributed by atoms with Gasteiger partial charge < -0.3 is 20.3 Å². The predicted molar refractivity (Wildman–Crippen MR) is 63.3 cm³/mol. The van der Waals surface area contributed by atoms with Gasteiger partial charge in [0.05, 0.1) is 0 Å². The molecule has 0 atom stereocenters. The molecule has 0 aliphatic carbocycles. The molecule has 0 aliphatic rings. The van der Waals surface area contributed by atoms with E-state index in [1.165, 1.54) is 0 Å². The Morgan fingerprint density at radius 2 is 2.07 bits per heavy atom. The van der Waals surface area contributed by atoms with Crippen LogP contribution in [-0.2, 0) is 0 Å². The second-order valence-corrected chi connectivity index (χ2v) is 3.73. The highest BCUT2D eigenvalue weighted by atomic mass is 16.4. The molecule has 15 heavy (non-hydrogen) atoms. The molecule has 0 heterocycles. The summed E-state index contributed by atoms with van der Waals surface area (Å²) in [5.74, 6) is 0. The Kier molecular flexibility index (Phi) is 4.61. The average Bonchev–Trinajstić information content (AvgIpc) is 2.17. The van der Waals surface area contributed by atoms with E-state index in [2.05, 4.69) is 10.2 Å². The quantitative estimate of drug-likeness (QED) is 0.562. The molecule has 1 rings (SSSR count). The third kappa shape index (κ3) is 4.33. The highest BCUT2D eigenvalue weighted by Crippen LogP contribution is 2.03. The maximum Gasteiger partial charge on any atom is 0.488 e. The molecule has 0 amide bonds. The number of benzene rings is 1. The molecule has 5 heteroatoms. The van der Waals surface area contributed by atoms with Gasteiger partial charge in [-0.2, -0.15) is 0 Å². The summed E-state index contributed by atoms with van der Waals surface area (Å²) in [6, 6.07) is 7.12. The van der Waals surface area contributed by atoms with Gasteiger partial charge in [-0.3, -0.25) is 0 Å². The van der Waals surface area contributed by atoms with Crippen LogP contribution >= 0.6 is 0 Å². The van der Waals surface area contributed by atoms with Gasteiger partial charge in [-0.1, -0.05) is 12.1 Å². The van der Waals surface area contributed by atoms with E-state index in [-0.39, 0.29) is 0 Å². The summed E-state index contributed by atoms with van der Waals surface area (Å²) >= 11 is 0. The fourth-order valence-electron chi connectivity index (χ4n) is 1.23. The second kappa shape index (κ2) is 5.75. The molecule has 0 saturated carbocycles. The van der Waals surface area contributed by atoms with Crippen LogP contribution in [0.1, 0.15) is 0 Å². The number of anilines is 1. The van der Waals surface area contributed by atoms with Crippen molar-refractivity contribution in [2.45, 2.75) is 0 Å². The smallest absolute Gasteiger partial charge is 0.423 e. The van der Waals surface area contributed by atoms with Gasteiger partial charge in [0, 0.05) is 18.8 Å². The van der Waals surface area contributed by atoms with Gasteiger partial charge in [0.15, 0.2) is 0 Å². The van der Waals surface area contributed by atoms with E-state index in [9.17, 15) is 0 Å². The van der Waals surface area contributed by atoms with E-state index in [0.717, 1.165) is 18.8 Å². The first kappa shape index (κ1) is 12.0. The van der Waals surface area contributed by atoms with Gasteiger partial charge in [0.1, 0.15) is 0 Å². The first-order valence-electron chi connectivity index (χ1n) is 4.94. The largest absolute Gasteiger partial charge is 0.488 e. The molecule has 1 aromatic carbocycles. The molecular formula is C10H17BN2O2. The van der Waals surface area contributed by atoms with Crippen molar-refractivity contribution in [1.29, 1.82) is 0 Å². The molecule has 0 aromatic heterocycles. The molecule has 1 aromatic rings. The Morgan fingerprint density at radius 1 is 1.33 bits per heavy atom. The number of hydrogen-bond acceptors (Lipinski definition) is 4. The van der Waals surface area contributed by atoms with Crippen molar-refractivity contribution >= 4 is 18.3 Å². The fourth-order valence-corrected chi connectivity index (χ4v) is 1.23. The number of likely N-dealkylation sites (N-methyl/N-ethyl adjacent to an activating group) is 1. The van der Waals surface area contributed by atoms with E-state index in [4.69, 9.17) is 10.0 Å². The van der Waals surface area contributed by atoms with Crippen LogP contribution in [-0.4, -0.2) is 49.3 Å². The van der Waals surface area contributed by atoms with Crippen LogP contribution in [0.3, 0.4) is 0 Å². The van der Waals surface area contributed by atoms with Crippen molar-refractivity contribution < 1.29 is 10.0 Å². The van der Waals surface area contributed by atoms with Crippen LogP contribution < -0.4 is 10.8 Å². The van der Waals surface area contributed by atoms with Crippen molar-refractivity contribution in [2.24, 2.45) is 0 Å². The average molecular weight is 208 g/mol. The fraction of sp³-hybridized carbons (Fsp3) is 0.400. The number of nitrogens with zero attached hydrogens (tertiary/aromatic N) is 1. The number of nitrogens with one attached hydrogen (secondary N) is 1. The highest BCUT2D eigenvalue weighted by molar-refractivity contribution is 6.58. The normalized spacial score (nSPS) is 10.5. The third-order valence-electron chi connectivity index (χ3n) is 2.07. The monoisotopic (exact) mass is 208 g/mol. The van der Waals surface area contributed by atoms with Crippen molar-refractivity contribution in [3.8, 4) is 0 Å². The Bertz CT molecular complexity index is 305. The Labute approximate surface area is 90.7 Å². The predicted octanol–water partition coefficient (Wildman–Crippen LogP) is -0.660. The van der Waals surface area contributed by atoms with Gasteiger partial charge in [-0.25, -0.2) is 0 Å². The van der Waals surface area contributed by atoms with Gasteiger partial charge in [-0.15, -0.1) is 0 Å². The Balaban J connectivity index is 2.50. The van der Waals surface area contributed by atoms with Crippen molar-refractivity contribution in [2.75, 3.05) is 32.5 Å². The molecule has 0 unspecified atom stereocenters. The van der Waals surface area contributed by atoms with Crippen molar-refractivity contribution in [1.82, 2.24) is 4.90 Å². The van der Waals surface area contributed by atoms with E-state index < -0.39 is 7.12 Å². The van der Waals surface area contributed by atoms with Gasteiger partial charge >= 0.3 is 7.12 Å². The van der Waals surface area contributed by atoms with Gasteiger partial charge in [0.25, 0.3) is 0 Å². The van der Waals surface area contributed by atoms with Crippen LogP contribution in [0.5, 0.6) is 0 Å². The lowest BCUT2D eigenvalue weighted by Gasteiger charge is -2.12. The summed E-state index contributed by atoms with van der Waals surface area (Å²) in [6.45, 7) is 1.77. The Hall–Kier alpha value is -1.04. The molecule has 0 aliphatic heterocycles. The summed E-state index contributed by atoms with van der Waals surface area (Å²) in [5.41, 5.74) is 1.41. The summed E-state index contributed by atoms with van der Waals surface area (Å²) in [4.78, 5) is 2.08. The zero-order valence-corrected chi connectivity index (χ0v) is 9.14. The molecule has 0 fully saturated rings. The van der Waals surface area contributed by atoms with Crippen LogP contribution in [0.2, 0.25) is 0 Å². The minimum absolute atomic E-state index is 0.504. The van der Waals surface area contributed by atoms with Gasteiger partial charge in [0.2, 0.25) is 0 Å². The lowest BCUT2D eigenvalue weighted by molar-refractivity contribution is 0.424. The minimum Gasteiger partial charge on any atom is -0.423 e. The molecule has 0 radical (unpaired) electrons. The van der Waals surface area contributed by atoms with Gasteiger partial charge in [-0.05, 0) is 31.7 Å². The lowest BCUT2D eigenvalue weighted by atomic mass is 9.80. The van der Waals surface area contributed by atoms with Crippen LogP contribution in [0.25, 0.3) is 0 Å². The van der Waals surface area contributed by atoms with E-state index >= 15 is 0 Å². The van der Waals surface area contributed by atoms with Crippen molar-refractivity contribution in [3.05, 3.63) is 24.3 Å². The third-order valence-corrected chi connectivity index (χ3v) is 2.07. The number of rotatable bonds is 5. The molecule has 0 bridgehead atoms. The zero-order chi connectivity index (χ0) is 11.3. The number of hydrogen-bond donors (Lipinski definition) is 3. The first-order chi connectivity index (χ1) is 7.09. The molecular weight excluding hydrogens is 191 g/mol. The Morgan fingerprint density at radius 3 is 2.67 bits per heavy atom. The first-order valence-corrected chi connectivity index (χ1v) is 4.94. The van der Waals surface area contributed by atoms with E-state index in [1.54, 1.807) is 18.2 Å². The van der Waals surface area contributed by atoms with Crippen molar-refractivity contribution in [3.63, 3.8) is 0 Å². The standard InChI is InChI=1S/C10H17BN2O2/c1-13(2)7-6-12-10-5-3-4-9(8-10)11(14)15/h3-5,8,12,14-15H,6-7H2,1-2H3. The molecule has 82 valence electrons. The highest BCUT2D eigenvalue weighted by Gasteiger charge is 2.10. The SMILES string of the molecule is CN(C)CCNc1cccc(B(O)O)c1. The lowest BCUT2D eigenvalue weighted by Crippen LogP contribution is -2.30. The molecule has 0 saturated heterocycles. The zero-order valence-electron chi connectivity index (χ0n) is 9.14. The van der Waals surface area contributed by atoms with Crippen LogP contribution in [0, 0.1) is 0 Å². The van der Waals surface area contributed by atoms with E-state index in [0.29, 0.717) is 5.46 Å². The molecule has 4 nitrogen and oxygen atoms in total. The minimum atomic E-state index is -1.40. The topological polar surface area (TPSA) is 55.7 Å². The molecule has 3 N–H and O–H groups in total. The van der Waals surface area contributed by atoms with E-state index in [1.807, 2.05) is 20.2 Å². The maximum atomic E-state index is 8.98. The summed E-state index contributed by atoms with van der Waals surface area (Å²) in [7, 11) is 2.62.